The molecule has 0 aliphatic rings. The molecular formula is C17H37BrN+. The van der Waals surface area contributed by atoms with Gasteiger partial charge in [0, 0.05) is 0 Å². The Labute approximate surface area is 130 Å². The van der Waals surface area contributed by atoms with Gasteiger partial charge in [0.15, 0.2) is 0 Å². The van der Waals surface area contributed by atoms with Crippen molar-refractivity contribution >= 4 is 15.9 Å². The van der Waals surface area contributed by atoms with Gasteiger partial charge in [-0.3, -0.25) is 0 Å². The summed E-state index contributed by atoms with van der Waals surface area (Å²) in [6.07, 6.45) is 17.3. The highest BCUT2D eigenvalue weighted by atomic mass is 79.9. The zero-order valence-corrected chi connectivity index (χ0v) is 15.3. The smallest absolute Gasteiger partial charge is 0.133 e. The van der Waals surface area contributed by atoms with Gasteiger partial charge in [-0.05, 0) is 28.8 Å². The van der Waals surface area contributed by atoms with Gasteiger partial charge in [-0.15, -0.1) is 0 Å². The van der Waals surface area contributed by atoms with E-state index in [2.05, 4.69) is 36.9 Å². The Kier molecular flexibility index (Phi) is 13.7. The average molecular weight is 335 g/mol. The van der Waals surface area contributed by atoms with Gasteiger partial charge in [-0.2, -0.15) is 0 Å². The van der Waals surface area contributed by atoms with Crippen molar-refractivity contribution in [2.45, 2.75) is 84.0 Å². The Bertz CT molecular complexity index is 180. The number of alkyl halides is 1. The summed E-state index contributed by atoms with van der Waals surface area (Å²) in [7, 11) is 4.60. The third-order valence-electron chi connectivity index (χ3n) is 3.94. The highest BCUT2D eigenvalue weighted by molar-refractivity contribution is 9.09. The quantitative estimate of drug-likeness (QED) is 0.155. The van der Waals surface area contributed by atoms with Crippen LogP contribution < -0.4 is 0 Å². The first-order valence-electron chi connectivity index (χ1n) is 8.50. The van der Waals surface area contributed by atoms with Crippen LogP contribution in [-0.2, 0) is 0 Å². The van der Waals surface area contributed by atoms with Crippen LogP contribution in [-0.4, -0.2) is 30.6 Å². The second-order valence-electron chi connectivity index (χ2n) is 6.67. The minimum absolute atomic E-state index is 1.07. The van der Waals surface area contributed by atoms with Gasteiger partial charge in [-0.25, -0.2) is 0 Å². The lowest BCUT2D eigenvalue weighted by molar-refractivity contribution is -0.876. The first kappa shape index (κ1) is 19.4. The molecule has 19 heavy (non-hydrogen) atoms. The number of unbranched alkanes of at least 4 members (excludes halogenated alkanes) is 11. The van der Waals surface area contributed by atoms with Crippen LogP contribution in [0.15, 0.2) is 0 Å². The fourth-order valence-corrected chi connectivity index (χ4v) is 2.69. The SMILES string of the molecule is CCCCCCCCCCCCCC[N+](C)(C)CBr. The van der Waals surface area contributed by atoms with Crippen LogP contribution in [0.4, 0.5) is 0 Å². The number of halogens is 1. The lowest BCUT2D eigenvalue weighted by Gasteiger charge is -2.26. The second-order valence-corrected chi connectivity index (χ2v) is 7.17. The summed E-state index contributed by atoms with van der Waals surface area (Å²) in [5.74, 6) is 0. The van der Waals surface area contributed by atoms with Crippen molar-refractivity contribution in [1.29, 1.82) is 0 Å². The van der Waals surface area contributed by atoms with Gasteiger partial charge in [0.25, 0.3) is 0 Å². The molecule has 0 saturated carbocycles. The zero-order chi connectivity index (χ0) is 14.4. The fraction of sp³-hybridized carbons (Fsp3) is 1.00. The normalized spacial score (nSPS) is 12.0. The van der Waals surface area contributed by atoms with E-state index in [1.165, 1.54) is 83.6 Å². The molecule has 0 aromatic heterocycles. The van der Waals surface area contributed by atoms with Gasteiger partial charge in [0.05, 0.1) is 20.6 Å². The third kappa shape index (κ3) is 14.7. The molecule has 0 aliphatic carbocycles. The van der Waals surface area contributed by atoms with Crippen LogP contribution in [0, 0.1) is 0 Å². The molecule has 2 heteroatoms. The van der Waals surface area contributed by atoms with E-state index in [9.17, 15) is 0 Å². The lowest BCUT2D eigenvalue weighted by atomic mass is 10.1. The van der Waals surface area contributed by atoms with Gasteiger partial charge < -0.3 is 4.48 Å². The van der Waals surface area contributed by atoms with Gasteiger partial charge in [0.1, 0.15) is 5.45 Å². The Morgan fingerprint density at radius 3 is 1.37 bits per heavy atom. The third-order valence-corrected chi connectivity index (χ3v) is 5.30. The molecule has 0 spiro atoms. The summed E-state index contributed by atoms with van der Waals surface area (Å²) in [6, 6.07) is 0. The van der Waals surface area contributed by atoms with Gasteiger partial charge in [-0.1, -0.05) is 71.1 Å². The molecule has 1 nitrogen and oxygen atoms in total. The van der Waals surface area contributed by atoms with E-state index < -0.39 is 0 Å². The summed E-state index contributed by atoms with van der Waals surface area (Å²) >= 11 is 3.58. The van der Waals surface area contributed by atoms with Crippen molar-refractivity contribution in [3.8, 4) is 0 Å². The first-order valence-corrected chi connectivity index (χ1v) is 9.62. The standard InChI is InChI=1S/C17H37BrN/c1-4-5-6-7-8-9-10-11-12-13-14-15-16-19(2,3)17-18/h4-17H2,1-3H3/q+1. The minimum Gasteiger partial charge on any atom is -0.320 e. The number of nitrogens with zero attached hydrogens (tertiary/aromatic N) is 1. The second kappa shape index (κ2) is 13.4. The van der Waals surface area contributed by atoms with Crippen molar-refractivity contribution in [3.63, 3.8) is 0 Å². The Morgan fingerprint density at radius 1 is 0.632 bits per heavy atom. The number of hydrogen-bond donors (Lipinski definition) is 0. The molecular weight excluding hydrogens is 298 g/mol. The maximum absolute atomic E-state index is 3.58. The Hall–Kier alpha value is 0.440. The van der Waals surface area contributed by atoms with Crippen molar-refractivity contribution in [2.75, 3.05) is 26.1 Å². The van der Waals surface area contributed by atoms with Crippen LogP contribution >= 0.6 is 15.9 Å². The molecule has 0 aliphatic heterocycles. The highest BCUT2D eigenvalue weighted by Gasteiger charge is 2.10. The number of rotatable bonds is 14. The number of quaternary nitrogens is 1. The molecule has 0 atom stereocenters. The van der Waals surface area contributed by atoms with Crippen LogP contribution in [0.2, 0.25) is 0 Å². The van der Waals surface area contributed by atoms with Crippen LogP contribution in [0.5, 0.6) is 0 Å². The van der Waals surface area contributed by atoms with Crippen molar-refractivity contribution in [3.05, 3.63) is 0 Å². The van der Waals surface area contributed by atoms with E-state index in [1.54, 1.807) is 0 Å². The zero-order valence-electron chi connectivity index (χ0n) is 13.7. The predicted octanol–water partition coefficient (Wildman–Crippen LogP) is 6.12. The molecule has 0 rings (SSSR count). The molecule has 116 valence electrons. The molecule has 0 aromatic carbocycles. The van der Waals surface area contributed by atoms with Gasteiger partial charge >= 0.3 is 0 Å². The molecule has 0 unspecified atom stereocenters. The van der Waals surface area contributed by atoms with E-state index in [-0.39, 0.29) is 0 Å². The Morgan fingerprint density at radius 2 is 1.00 bits per heavy atom. The van der Waals surface area contributed by atoms with Crippen molar-refractivity contribution < 1.29 is 4.48 Å². The maximum Gasteiger partial charge on any atom is 0.133 e. The van der Waals surface area contributed by atoms with Crippen LogP contribution in [0.1, 0.15) is 84.0 Å². The summed E-state index contributed by atoms with van der Waals surface area (Å²) < 4.78 is 1.11. The van der Waals surface area contributed by atoms with Crippen molar-refractivity contribution in [2.24, 2.45) is 0 Å². The van der Waals surface area contributed by atoms with Crippen LogP contribution in [0.3, 0.4) is 0 Å². The molecule has 0 N–H and O–H groups in total. The molecule has 0 saturated heterocycles. The first-order chi connectivity index (χ1) is 9.12. The largest absolute Gasteiger partial charge is 0.320 e. The topological polar surface area (TPSA) is 0 Å². The predicted molar refractivity (Wildman–Crippen MR) is 91.8 cm³/mol. The monoisotopic (exact) mass is 334 g/mol. The molecule has 0 fully saturated rings. The van der Waals surface area contributed by atoms with E-state index >= 15 is 0 Å². The molecule has 0 heterocycles. The van der Waals surface area contributed by atoms with Crippen molar-refractivity contribution in [1.82, 2.24) is 0 Å². The molecule has 0 amide bonds. The summed E-state index contributed by atoms with van der Waals surface area (Å²) in [5, 5.41) is 0. The van der Waals surface area contributed by atoms with E-state index in [0.29, 0.717) is 0 Å². The molecule has 0 bridgehead atoms. The van der Waals surface area contributed by atoms with Gasteiger partial charge in [0.2, 0.25) is 0 Å². The fourth-order valence-electron chi connectivity index (χ4n) is 2.44. The minimum atomic E-state index is 1.07. The van der Waals surface area contributed by atoms with Crippen LogP contribution in [0.25, 0.3) is 0 Å². The molecule has 0 aromatic rings. The molecule has 0 radical (unpaired) electrons. The summed E-state index contributed by atoms with van der Waals surface area (Å²) in [6.45, 7) is 3.60. The van der Waals surface area contributed by atoms with E-state index in [1.807, 2.05) is 0 Å². The van der Waals surface area contributed by atoms with E-state index in [4.69, 9.17) is 0 Å². The Balaban J connectivity index is 3.07. The number of hydrogen-bond acceptors (Lipinski definition) is 0. The summed E-state index contributed by atoms with van der Waals surface area (Å²) in [5.41, 5.74) is 1.07. The average Bonchev–Trinajstić information content (AvgIpc) is 2.40. The summed E-state index contributed by atoms with van der Waals surface area (Å²) in [4.78, 5) is 0. The highest BCUT2D eigenvalue weighted by Crippen LogP contribution is 2.12. The lowest BCUT2D eigenvalue weighted by Crippen LogP contribution is -2.38. The van der Waals surface area contributed by atoms with E-state index in [0.717, 1.165) is 9.94 Å². The maximum atomic E-state index is 3.58.